The summed E-state index contributed by atoms with van der Waals surface area (Å²) < 4.78 is 0. The molecule has 3 atom stereocenters. The first kappa shape index (κ1) is 16.0. The zero-order valence-corrected chi connectivity index (χ0v) is 13.4. The van der Waals surface area contributed by atoms with Gasteiger partial charge < -0.3 is 10.2 Å². The van der Waals surface area contributed by atoms with Crippen LogP contribution in [0.2, 0.25) is 0 Å². The Morgan fingerprint density at radius 1 is 1.28 bits per heavy atom. The highest BCUT2D eigenvalue weighted by Gasteiger charge is 2.38. The van der Waals surface area contributed by atoms with Crippen molar-refractivity contribution in [1.82, 2.24) is 10.2 Å². The van der Waals surface area contributed by atoms with E-state index in [0.29, 0.717) is 6.04 Å². The number of rotatable bonds is 6. The predicted octanol–water partition coefficient (Wildman–Crippen LogP) is 3.52. The summed E-state index contributed by atoms with van der Waals surface area (Å²) in [5.41, 5.74) is 0.233. The maximum absolute atomic E-state index is 3.84. The van der Waals surface area contributed by atoms with E-state index in [-0.39, 0.29) is 5.54 Å². The van der Waals surface area contributed by atoms with E-state index in [1.807, 2.05) is 0 Å². The number of hydrogen-bond donors (Lipinski definition) is 1. The van der Waals surface area contributed by atoms with Gasteiger partial charge in [-0.15, -0.1) is 0 Å². The Labute approximate surface area is 115 Å². The number of hydrogen-bond acceptors (Lipinski definition) is 2. The van der Waals surface area contributed by atoms with E-state index in [1.165, 1.54) is 32.1 Å². The second-order valence-corrected chi connectivity index (χ2v) is 7.01. The Bertz CT molecular complexity index is 235. The summed E-state index contributed by atoms with van der Waals surface area (Å²) in [4.78, 5) is 2.39. The first-order valence-corrected chi connectivity index (χ1v) is 7.80. The standard InChI is InChI=1S/C16H34N2/c1-7-11-17-15(16(3,4)18(5)6)14-10-8-9-13(2)12-14/h13-15,17H,7-12H2,1-6H3. The molecule has 3 unspecified atom stereocenters. The maximum Gasteiger partial charge on any atom is 0.0302 e. The van der Waals surface area contributed by atoms with Crippen molar-refractivity contribution in [3.63, 3.8) is 0 Å². The van der Waals surface area contributed by atoms with E-state index < -0.39 is 0 Å². The molecule has 1 aliphatic carbocycles. The van der Waals surface area contributed by atoms with Gasteiger partial charge in [0.15, 0.2) is 0 Å². The monoisotopic (exact) mass is 254 g/mol. The van der Waals surface area contributed by atoms with Gasteiger partial charge in [0, 0.05) is 11.6 Å². The quantitative estimate of drug-likeness (QED) is 0.780. The summed E-state index contributed by atoms with van der Waals surface area (Å²) in [5.74, 6) is 1.75. The molecule has 0 aromatic heterocycles. The zero-order chi connectivity index (χ0) is 13.8. The summed E-state index contributed by atoms with van der Waals surface area (Å²) >= 11 is 0. The molecular formula is C16H34N2. The minimum absolute atomic E-state index is 0.233. The van der Waals surface area contributed by atoms with Crippen LogP contribution in [0.5, 0.6) is 0 Å². The molecule has 0 heterocycles. The Hall–Kier alpha value is -0.0800. The fraction of sp³-hybridized carbons (Fsp3) is 1.00. The Kier molecular flexibility index (Phi) is 6.13. The molecule has 2 heteroatoms. The minimum Gasteiger partial charge on any atom is -0.312 e. The highest BCUT2D eigenvalue weighted by Crippen LogP contribution is 2.35. The van der Waals surface area contributed by atoms with Crippen molar-refractivity contribution in [3.05, 3.63) is 0 Å². The number of nitrogens with zero attached hydrogens (tertiary/aromatic N) is 1. The minimum atomic E-state index is 0.233. The van der Waals surface area contributed by atoms with Crippen LogP contribution < -0.4 is 5.32 Å². The molecular weight excluding hydrogens is 220 g/mol. The predicted molar refractivity (Wildman–Crippen MR) is 81.0 cm³/mol. The highest BCUT2D eigenvalue weighted by atomic mass is 15.2. The molecule has 1 fully saturated rings. The number of likely N-dealkylation sites (N-methyl/N-ethyl adjacent to an activating group) is 1. The molecule has 0 aromatic rings. The van der Waals surface area contributed by atoms with Gasteiger partial charge >= 0.3 is 0 Å². The lowest BCUT2D eigenvalue weighted by Crippen LogP contribution is -2.59. The SMILES string of the molecule is CCCNC(C1CCCC(C)C1)C(C)(C)N(C)C. The summed E-state index contributed by atoms with van der Waals surface area (Å²) in [6.07, 6.45) is 6.88. The molecule has 1 saturated carbocycles. The molecule has 0 radical (unpaired) electrons. The third-order valence-electron chi connectivity index (χ3n) is 4.98. The van der Waals surface area contributed by atoms with Crippen LogP contribution in [-0.4, -0.2) is 37.1 Å². The summed E-state index contributed by atoms with van der Waals surface area (Å²) in [6.45, 7) is 10.6. The molecule has 1 rings (SSSR count). The second-order valence-electron chi connectivity index (χ2n) is 7.01. The van der Waals surface area contributed by atoms with Crippen LogP contribution in [0.3, 0.4) is 0 Å². The van der Waals surface area contributed by atoms with Gasteiger partial charge in [0.05, 0.1) is 0 Å². The topological polar surface area (TPSA) is 15.3 Å². The molecule has 0 aliphatic heterocycles. The first-order valence-electron chi connectivity index (χ1n) is 7.80. The van der Waals surface area contributed by atoms with Crippen LogP contribution in [0.25, 0.3) is 0 Å². The molecule has 0 aromatic carbocycles. The molecule has 0 saturated heterocycles. The Morgan fingerprint density at radius 3 is 2.44 bits per heavy atom. The Balaban J connectivity index is 2.76. The maximum atomic E-state index is 3.84. The van der Waals surface area contributed by atoms with E-state index in [4.69, 9.17) is 0 Å². The van der Waals surface area contributed by atoms with Crippen LogP contribution in [0.4, 0.5) is 0 Å². The van der Waals surface area contributed by atoms with Gasteiger partial charge in [-0.1, -0.05) is 26.7 Å². The average molecular weight is 254 g/mol. The van der Waals surface area contributed by atoms with Crippen molar-refractivity contribution in [2.24, 2.45) is 11.8 Å². The van der Waals surface area contributed by atoms with Crippen molar-refractivity contribution in [2.45, 2.75) is 71.4 Å². The fourth-order valence-corrected chi connectivity index (χ4v) is 3.36. The number of nitrogens with one attached hydrogen (secondary N) is 1. The van der Waals surface area contributed by atoms with Gasteiger partial charge in [-0.3, -0.25) is 0 Å². The summed E-state index contributed by atoms with van der Waals surface area (Å²) in [5, 5.41) is 3.84. The fourth-order valence-electron chi connectivity index (χ4n) is 3.36. The van der Waals surface area contributed by atoms with Crippen molar-refractivity contribution < 1.29 is 0 Å². The third kappa shape index (κ3) is 3.96. The van der Waals surface area contributed by atoms with E-state index >= 15 is 0 Å². The average Bonchev–Trinajstić information content (AvgIpc) is 2.29. The van der Waals surface area contributed by atoms with Crippen LogP contribution in [0, 0.1) is 11.8 Å². The van der Waals surface area contributed by atoms with Crippen LogP contribution >= 0.6 is 0 Å². The molecule has 0 bridgehead atoms. The van der Waals surface area contributed by atoms with Crippen LogP contribution in [-0.2, 0) is 0 Å². The summed E-state index contributed by atoms with van der Waals surface area (Å²) in [6, 6.07) is 0.621. The van der Waals surface area contributed by atoms with E-state index in [2.05, 4.69) is 52.0 Å². The third-order valence-corrected chi connectivity index (χ3v) is 4.98. The lowest BCUT2D eigenvalue weighted by Gasteiger charge is -2.46. The van der Waals surface area contributed by atoms with Crippen molar-refractivity contribution >= 4 is 0 Å². The van der Waals surface area contributed by atoms with Gasteiger partial charge in [-0.05, 0) is 65.6 Å². The lowest BCUT2D eigenvalue weighted by molar-refractivity contribution is 0.0779. The van der Waals surface area contributed by atoms with Gasteiger partial charge in [-0.25, -0.2) is 0 Å². The van der Waals surface area contributed by atoms with Gasteiger partial charge in [0.2, 0.25) is 0 Å². The van der Waals surface area contributed by atoms with E-state index in [9.17, 15) is 0 Å². The first-order chi connectivity index (χ1) is 8.39. The molecule has 0 amide bonds. The molecule has 1 aliphatic rings. The Morgan fingerprint density at radius 2 is 1.94 bits per heavy atom. The van der Waals surface area contributed by atoms with Gasteiger partial charge in [0.25, 0.3) is 0 Å². The van der Waals surface area contributed by atoms with Crippen molar-refractivity contribution in [2.75, 3.05) is 20.6 Å². The molecule has 0 spiro atoms. The molecule has 108 valence electrons. The van der Waals surface area contributed by atoms with Gasteiger partial charge in [0.1, 0.15) is 0 Å². The normalized spacial score (nSPS) is 27.5. The largest absolute Gasteiger partial charge is 0.312 e. The molecule has 2 nitrogen and oxygen atoms in total. The lowest BCUT2D eigenvalue weighted by atomic mass is 9.72. The summed E-state index contributed by atoms with van der Waals surface area (Å²) in [7, 11) is 4.43. The van der Waals surface area contributed by atoms with Crippen molar-refractivity contribution in [3.8, 4) is 0 Å². The molecule has 1 N–H and O–H groups in total. The highest BCUT2D eigenvalue weighted by molar-refractivity contribution is 4.96. The zero-order valence-electron chi connectivity index (χ0n) is 13.4. The van der Waals surface area contributed by atoms with Crippen LogP contribution in [0.1, 0.15) is 59.8 Å². The van der Waals surface area contributed by atoms with Crippen LogP contribution in [0.15, 0.2) is 0 Å². The van der Waals surface area contributed by atoms with E-state index in [1.54, 1.807) is 0 Å². The van der Waals surface area contributed by atoms with E-state index in [0.717, 1.165) is 18.4 Å². The second kappa shape index (κ2) is 6.91. The van der Waals surface area contributed by atoms with Gasteiger partial charge in [-0.2, -0.15) is 0 Å². The van der Waals surface area contributed by atoms with Crippen molar-refractivity contribution in [1.29, 1.82) is 0 Å². The smallest absolute Gasteiger partial charge is 0.0302 e. The molecule has 18 heavy (non-hydrogen) atoms.